The number of nitrogens with one attached hydrogen (secondary N) is 1. The topological polar surface area (TPSA) is 55.1 Å². The third kappa shape index (κ3) is 7.54. The summed E-state index contributed by atoms with van der Waals surface area (Å²) in [5, 5.41) is 3.28. The van der Waals surface area contributed by atoms with Gasteiger partial charge in [0.15, 0.2) is 0 Å². The molecule has 1 amide bonds. The van der Waals surface area contributed by atoms with Crippen LogP contribution < -0.4 is 11.1 Å². The minimum absolute atomic E-state index is 0.00926. The minimum atomic E-state index is -0.241. The van der Waals surface area contributed by atoms with Gasteiger partial charge in [-0.1, -0.05) is 20.3 Å². The Hall–Kier alpha value is -0.570. The van der Waals surface area contributed by atoms with Gasteiger partial charge in [-0.2, -0.15) is 0 Å². The summed E-state index contributed by atoms with van der Waals surface area (Å²) in [7, 11) is 0. The molecule has 0 aromatic heterocycles. The number of hydrogen-bond donors (Lipinski definition) is 2. The van der Waals surface area contributed by atoms with E-state index in [4.69, 9.17) is 5.73 Å². The third-order valence-corrected chi connectivity index (χ3v) is 1.78. The molecule has 3 N–H and O–H groups in total. The summed E-state index contributed by atoms with van der Waals surface area (Å²) in [4.78, 5) is 9.92. The first kappa shape index (κ1) is 11.4. The van der Waals surface area contributed by atoms with Gasteiger partial charge in [0.25, 0.3) is 0 Å². The summed E-state index contributed by atoms with van der Waals surface area (Å²) in [5.41, 5.74) is 4.80. The molecular weight excluding hydrogens is 152 g/mol. The summed E-state index contributed by atoms with van der Waals surface area (Å²) in [6.07, 6.45) is 4.22. The fourth-order valence-corrected chi connectivity index (χ4v) is 0.802. The molecule has 72 valence electrons. The molecule has 0 aliphatic carbocycles. The zero-order valence-electron chi connectivity index (χ0n) is 8.10. The van der Waals surface area contributed by atoms with Gasteiger partial charge in [-0.15, -0.1) is 0 Å². The maximum absolute atomic E-state index is 9.92. The Bertz CT molecular complexity index is 108. The van der Waals surface area contributed by atoms with E-state index in [2.05, 4.69) is 5.32 Å². The number of piperidine rings is 1. The lowest BCUT2D eigenvalue weighted by Gasteiger charge is -2.08. The molecule has 0 bridgehead atoms. The molecule has 3 nitrogen and oxygen atoms in total. The molecule has 0 atom stereocenters. The predicted octanol–water partition coefficient (Wildman–Crippen LogP) is 0.888. The van der Waals surface area contributed by atoms with Gasteiger partial charge in [-0.05, 0) is 25.9 Å². The standard InChI is InChI=1S/C5H11N.C4H9NO/c1-2-4-6-5-3-1;1-3(2)4(5)6/h6H,1-5H2;3H,1-2H3,(H2,5,6). The molecule has 0 unspecified atom stereocenters. The zero-order chi connectivity index (χ0) is 9.40. The molecule has 0 spiro atoms. The summed E-state index contributed by atoms with van der Waals surface area (Å²) in [5.74, 6) is -0.250. The van der Waals surface area contributed by atoms with E-state index < -0.39 is 0 Å². The van der Waals surface area contributed by atoms with Crippen LogP contribution in [-0.2, 0) is 4.79 Å². The number of primary amides is 1. The van der Waals surface area contributed by atoms with E-state index in [0.29, 0.717) is 0 Å². The van der Waals surface area contributed by atoms with E-state index in [-0.39, 0.29) is 11.8 Å². The minimum Gasteiger partial charge on any atom is -0.369 e. The molecule has 3 heteroatoms. The molecule has 12 heavy (non-hydrogen) atoms. The summed E-state index contributed by atoms with van der Waals surface area (Å²) in [6.45, 7) is 6.03. The average Bonchev–Trinajstić information content (AvgIpc) is 2.08. The van der Waals surface area contributed by atoms with Crippen LogP contribution in [-0.4, -0.2) is 19.0 Å². The molecule has 0 radical (unpaired) electrons. The molecule has 1 aliphatic heterocycles. The second-order valence-electron chi connectivity index (χ2n) is 3.37. The van der Waals surface area contributed by atoms with Crippen molar-refractivity contribution in [3.05, 3.63) is 0 Å². The second kappa shape index (κ2) is 7.10. The van der Waals surface area contributed by atoms with Crippen molar-refractivity contribution in [1.82, 2.24) is 5.32 Å². The molecule has 1 fully saturated rings. The van der Waals surface area contributed by atoms with Gasteiger partial charge in [0.1, 0.15) is 0 Å². The zero-order valence-corrected chi connectivity index (χ0v) is 8.10. The van der Waals surface area contributed by atoms with Crippen LogP contribution in [0.3, 0.4) is 0 Å². The van der Waals surface area contributed by atoms with Crippen molar-refractivity contribution < 1.29 is 4.79 Å². The summed E-state index contributed by atoms with van der Waals surface area (Å²) >= 11 is 0. The van der Waals surface area contributed by atoms with Crippen molar-refractivity contribution in [1.29, 1.82) is 0 Å². The van der Waals surface area contributed by atoms with E-state index in [1.165, 1.54) is 32.4 Å². The summed E-state index contributed by atoms with van der Waals surface area (Å²) < 4.78 is 0. The Balaban J connectivity index is 0.000000202. The largest absolute Gasteiger partial charge is 0.369 e. The number of nitrogens with two attached hydrogens (primary N) is 1. The van der Waals surface area contributed by atoms with Crippen molar-refractivity contribution in [2.75, 3.05) is 13.1 Å². The van der Waals surface area contributed by atoms with Gasteiger partial charge >= 0.3 is 0 Å². The molecule has 0 saturated carbocycles. The highest BCUT2D eigenvalue weighted by Crippen LogP contribution is 1.96. The number of carbonyl (C=O) groups excluding carboxylic acids is 1. The van der Waals surface area contributed by atoms with Crippen LogP contribution in [0.15, 0.2) is 0 Å². The number of hydrogen-bond acceptors (Lipinski definition) is 2. The van der Waals surface area contributed by atoms with E-state index in [1.807, 2.05) is 0 Å². The van der Waals surface area contributed by atoms with Crippen LogP contribution in [0, 0.1) is 5.92 Å². The highest BCUT2D eigenvalue weighted by molar-refractivity contribution is 5.75. The molecule has 1 aliphatic rings. The highest BCUT2D eigenvalue weighted by atomic mass is 16.1. The first-order valence-electron chi connectivity index (χ1n) is 4.64. The molecule has 0 aromatic carbocycles. The lowest BCUT2D eigenvalue weighted by atomic mass is 10.2. The van der Waals surface area contributed by atoms with Crippen LogP contribution >= 0.6 is 0 Å². The molecular formula is C9H20N2O. The maximum Gasteiger partial charge on any atom is 0.219 e. The fourth-order valence-electron chi connectivity index (χ4n) is 0.802. The first-order chi connectivity index (χ1) is 5.64. The average molecular weight is 172 g/mol. The van der Waals surface area contributed by atoms with Crippen LogP contribution in [0.4, 0.5) is 0 Å². The van der Waals surface area contributed by atoms with Crippen molar-refractivity contribution in [2.45, 2.75) is 33.1 Å². The maximum atomic E-state index is 9.92. The van der Waals surface area contributed by atoms with Crippen molar-refractivity contribution in [2.24, 2.45) is 11.7 Å². The number of rotatable bonds is 1. The van der Waals surface area contributed by atoms with Gasteiger partial charge < -0.3 is 11.1 Å². The lowest BCUT2D eigenvalue weighted by molar-refractivity contribution is -0.120. The van der Waals surface area contributed by atoms with Gasteiger partial charge in [-0.25, -0.2) is 0 Å². The first-order valence-corrected chi connectivity index (χ1v) is 4.64. The van der Waals surface area contributed by atoms with Crippen molar-refractivity contribution in [3.8, 4) is 0 Å². The van der Waals surface area contributed by atoms with Gasteiger partial charge in [-0.3, -0.25) is 4.79 Å². The quantitative estimate of drug-likeness (QED) is 0.617. The van der Waals surface area contributed by atoms with Gasteiger partial charge in [0.05, 0.1) is 0 Å². The Morgan fingerprint density at radius 2 is 1.67 bits per heavy atom. The SMILES string of the molecule is C1CCNCC1.CC(C)C(N)=O. The summed E-state index contributed by atoms with van der Waals surface area (Å²) in [6, 6.07) is 0. The Kier molecular flexibility index (Phi) is 6.76. The van der Waals surface area contributed by atoms with E-state index >= 15 is 0 Å². The predicted molar refractivity (Wildman–Crippen MR) is 50.8 cm³/mol. The Labute approximate surface area is 74.7 Å². The van der Waals surface area contributed by atoms with E-state index in [9.17, 15) is 4.79 Å². The van der Waals surface area contributed by atoms with Crippen LogP contribution in [0.25, 0.3) is 0 Å². The van der Waals surface area contributed by atoms with E-state index in [1.54, 1.807) is 13.8 Å². The molecule has 1 saturated heterocycles. The Morgan fingerprint density at radius 1 is 1.25 bits per heavy atom. The highest BCUT2D eigenvalue weighted by Gasteiger charge is 1.96. The van der Waals surface area contributed by atoms with Gasteiger partial charge in [0.2, 0.25) is 5.91 Å². The van der Waals surface area contributed by atoms with Crippen molar-refractivity contribution in [3.63, 3.8) is 0 Å². The molecule has 1 heterocycles. The monoisotopic (exact) mass is 172 g/mol. The smallest absolute Gasteiger partial charge is 0.219 e. The number of carbonyl (C=O) groups is 1. The fraction of sp³-hybridized carbons (Fsp3) is 0.889. The molecule has 0 aromatic rings. The third-order valence-electron chi connectivity index (χ3n) is 1.78. The van der Waals surface area contributed by atoms with Crippen LogP contribution in [0.2, 0.25) is 0 Å². The van der Waals surface area contributed by atoms with Crippen molar-refractivity contribution >= 4 is 5.91 Å². The molecule has 1 rings (SSSR count). The number of amides is 1. The van der Waals surface area contributed by atoms with E-state index in [0.717, 1.165) is 0 Å². The second-order valence-corrected chi connectivity index (χ2v) is 3.37. The Morgan fingerprint density at radius 3 is 1.75 bits per heavy atom. The lowest BCUT2D eigenvalue weighted by Crippen LogP contribution is -2.21. The van der Waals surface area contributed by atoms with Crippen LogP contribution in [0.5, 0.6) is 0 Å². The van der Waals surface area contributed by atoms with Crippen LogP contribution in [0.1, 0.15) is 33.1 Å². The van der Waals surface area contributed by atoms with Gasteiger partial charge in [0, 0.05) is 5.92 Å². The normalized spacial score (nSPS) is 16.6.